The number of hydrogen-bond donors (Lipinski definition) is 1. The fourth-order valence-electron chi connectivity index (χ4n) is 1.60. The standard InChI is InChI=1S/C12H18Cl2N2O2S/c1-9-7-10(13)11(14)8-12(9)19(17,18)15-5-4-6-16(2)3/h7-8,15H,4-6H2,1-3H3. The molecule has 1 N–H and O–H groups in total. The smallest absolute Gasteiger partial charge is 0.240 e. The van der Waals surface area contributed by atoms with E-state index in [1.807, 2.05) is 19.0 Å². The summed E-state index contributed by atoms with van der Waals surface area (Å²) in [5.41, 5.74) is 0.578. The zero-order chi connectivity index (χ0) is 14.6. The van der Waals surface area contributed by atoms with Gasteiger partial charge in [0.2, 0.25) is 10.0 Å². The normalized spacial score (nSPS) is 12.1. The summed E-state index contributed by atoms with van der Waals surface area (Å²) in [7, 11) is 0.344. The Balaban J connectivity index is 2.80. The minimum Gasteiger partial charge on any atom is -0.309 e. The van der Waals surface area contributed by atoms with Crippen molar-refractivity contribution in [3.05, 3.63) is 27.7 Å². The van der Waals surface area contributed by atoms with E-state index in [0.717, 1.165) is 13.0 Å². The zero-order valence-corrected chi connectivity index (χ0v) is 13.5. The Morgan fingerprint density at radius 3 is 2.37 bits per heavy atom. The van der Waals surface area contributed by atoms with Crippen molar-refractivity contribution < 1.29 is 8.42 Å². The van der Waals surface area contributed by atoms with Crippen LogP contribution in [-0.2, 0) is 10.0 Å². The first-order valence-corrected chi connectivity index (χ1v) is 8.08. The maximum absolute atomic E-state index is 12.1. The second-order valence-electron chi connectivity index (χ2n) is 4.59. The van der Waals surface area contributed by atoms with E-state index >= 15 is 0 Å². The van der Waals surface area contributed by atoms with Crippen molar-refractivity contribution in [3.8, 4) is 0 Å². The van der Waals surface area contributed by atoms with E-state index in [9.17, 15) is 8.42 Å². The number of aryl methyl sites for hydroxylation is 1. The molecule has 0 aliphatic rings. The zero-order valence-electron chi connectivity index (χ0n) is 11.2. The number of halogens is 2. The van der Waals surface area contributed by atoms with Crippen molar-refractivity contribution in [2.24, 2.45) is 0 Å². The number of nitrogens with one attached hydrogen (secondary N) is 1. The first kappa shape index (κ1) is 16.7. The van der Waals surface area contributed by atoms with Crippen LogP contribution in [-0.4, -0.2) is 40.5 Å². The molecule has 0 bridgehead atoms. The molecule has 1 aromatic rings. The van der Waals surface area contributed by atoms with E-state index in [-0.39, 0.29) is 9.92 Å². The highest BCUT2D eigenvalue weighted by Crippen LogP contribution is 2.27. The third-order valence-corrected chi connectivity index (χ3v) is 4.91. The average molecular weight is 325 g/mol. The quantitative estimate of drug-likeness (QED) is 0.818. The van der Waals surface area contributed by atoms with Crippen molar-refractivity contribution in [1.29, 1.82) is 0 Å². The lowest BCUT2D eigenvalue weighted by Crippen LogP contribution is -2.27. The molecule has 1 rings (SSSR count). The van der Waals surface area contributed by atoms with Crippen molar-refractivity contribution in [1.82, 2.24) is 9.62 Å². The van der Waals surface area contributed by atoms with Gasteiger partial charge in [-0.05, 0) is 51.7 Å². The summed E-state index contributed by atoms with van der Waals surface area (Å²) in [6, 6.07) is 2.94. The molecule has 0 saturated heterocycles. The van der Waals surface area contributed by atoms with Crippen LogP contribution in [0.25, 0.3) is 0 Å². The lowest BCUT2D eigenvalue weighted by atomic mass is 10.2. The molecule has 0 aromatic heterocycles. The van der Waals surface area contributed by atoms with Crippen molar-refractivity contribution in [2.75, 3.05) is 27.2 Å². The molecule has 0 saturated carbocycles. The molecule has 0 radical (unpaired) electrons. The first-order valence-electron chi connectivity index (χ1n) is 5.84. The van der Waals surface area contributed by atoms with Crippen LogP contribution < -0.4 is 4.72 Å². The summed E-state index contributed by atoms with van der Waals surface area (Å²) < 4.78 is 26.8. The molecule has 0 aliphatic heterocycles. The minimum absolute atomic E-state index is 0.173. The Bertz CT molecular complexity index is 545. The number of sulfonamides is 1. The van der Waals surface area contributed by atoms with Crippen molar-refractivity contribution in [2.45, 2.75) is 18.2 Å². The molecule has 0 unspecified atom stereocenters. The van der Waals surface area contributed by atoms with Gasteiger partial charge >= 0.3 is 0 Å². The van der Waals surface area contributed by atoms with Gasteiger partial charge in [-0.3, -0.25) is 0 Å². The maximum atomic E-state index is 12.1. The molecule has 7 heteroatoms. The van der Waals surface area contributed by atoms with Crippen LogP contribution in [0.4, 0.5) is 0 Å². The predicted octanol–water partition coefficient (Wildman–Crippen LogP) is 2.53. The minimum atomic E-state index is -3.54. The SMILES string of the molecule is Cc1cc(Cl)c(Cl)cc1S(=O)(=O)NCCCN(C)C. The molecule has 0 amide bonds. The Hall–Kier alpha value is -0.330. The van der Waals surface area contributed by atoms with Gasteiger partial charge in [-0.2, -0.15) is 0 Å². The van der Waals surface area contributed by atoms with Gasteiger partial charge in [0, 0.05) is 6.54 Å². The van der Waals surface area contributed by atoms with E-state index in [2.05, 4.69) is 4.72 Å². The fraction of sp³-hybridized carbons (Fsp3) is 0.500. The fourth-order valence-corrected chi connectivity index (χ4v) is 3.37. The lowest BCUT2D eigenvalue weighted by molar-refractivity contribution is 0.400. The number of rotatable bonds is 6. The van der Waals surface area contributed by atoms with Crippen LogP contribution in [0.1, 0.15) is 12.0 Å². The van der Waals surface area contributed by atoms with Crippen LogP contribution in [0.2, 0.25) is 10.0 Å². The van der Waals surface area contributed by atoms with Crippen LogP contribution in [0.5, 0.6) is 0 Å². The van der Waals surface area contributed by atoms with Gasteiger partial charge < -0.3 is 4.90 Å². The van der Waals surface area contributed by atoms with E-state index in [1.165, 1.54) is 6.07 Å². The van der Waals surface area contributed by atoms with Crippen LogP contribution in [0.15, 0.2) is 17.0 Å². The monoisotopic (exact) mass is 324 g/mol. The van der Waals surface area contributed by atoms with E-state index in [0.29, 0.717) is 17.1 Å². The number of hydrogen-bond acceptors (Lipinski definition) is 3. The molecular formula is C12H18Cl2N2O2S. The predicted molar refractivity (Wildman–Crippen MR) is 79.6 cm³/mol. The highest BCUT2D eigenvalue weighted by Gasteiger charge is 2.18. The highest BCUT2D eigenvalue weighted by molar-refractivity contribution is 7.89. The molecule has 0 atom stereocenters. The van der Waals surface area contributed by atoms with E-state index in [1.54, 1.807) is 13.0 Å². The van der Waals surface area contributed by atoms with Gasteiger partial charge in [0.1, 0.15) is 0 Å². The highest BCUT2D eigenvalue weighted by atomic mass is 35.5. The maximum Gasteiger partial charge on any atom is 0.240 e. The second-order valence-corrected chi connectivity index (χ2v) is 7.14. The van der Waals surface area contributed by atoms with Crippen molar-refractivity contribution in [3.63, 3.8) is 0 Å². The van der Waals surface area contributed by atoms with Gasteiger partial charge in [0.05, 0.1) is 14.9 Å². The van der Waals surface area contributed by atoms with Gasteiger partial charge in [-0.25, -0.2) is 13.1 Å². The summed E-state index contributed by atoms with van der Waals surface area (Å²) in [4.78, 5) is 2.17. The van der Waals surface area contributed by atoms with Crippen LogP contribution in [0, 0.1) is 6.92 Å². The van der Waals surface area contributed by atoms with Crippen LogP contribution in [0.3, 0.4) is 0 Å². The third-order valence-electron chi connectivity index (χ3n) is 2.58. The second kappa shape index (κ2) is 6.90. The Morgan fingerprint density at radius 2 is 1.79 bits per heavy atom. The number of benzene rings is 1. The van der Waals surface area contributed by atoms with E-state index < -0.39 is 10.0 Å². The summed E-state index contributed by atoms with van der Waals surface area (Å²) in [6.45, 7) is 2.90. The number of nitrogens with zero attached hydrogens (tertiary/aromatic N) is 1. The average Bonchev–Trinajstić information content (AvgIpc) is 2.29. The molecule has 1 aromatic carbocycles. The molecule has 0 heterocycles. The Morgan fingerprint density at radius 1 is 1.21 bits per heavy atom. The molecule has 108 valence electrons. The van der Waals surface area contributed by atoms with E-state index in [4.69, 9.17) is 23.2 Å². The summed E-state index contributed by atoms with van der Waals surface area (Å²) in [5.74, 6) is 0. The van der Waals surface area contributed by atoms with Gasteiger partial charge in [0.15, 0.2) is 0 Å². The molecule has 4 nitrogen and oxygen atoms in total. The Labute approximate surface area is 124 Å². The molecule has 0 spiro atoms. The molecule has 0 aliphatic carbocycles. The molecular weight excluding hydrogens is 307 g/mol. The summed E-state index contributed by atoms with van der Waals surface area (Å²) >= 11 is 11.7. The molecule has 19 heavy (non-hydrogen) atoms. The summed E-state index contributed by atoms with van der Waals surface area (Å²) in [6.07, 6.45) is 0.743. The summed E-state index contributed by atoms with van der Waals surface area (Å²) in [5, 5.41) is 0.589. The third kappa shape index (κ3) is 4.93. The van der Waals surface area contributed by atoms with Crippen molar-refractivity contribution >= 4 is 33.2 Å². The van der Waals surface area contributed by atoms with Gasteiger partial charge in [-0.1, -0.05) is 23.2 Å². The Kier molecular flexibility index (Phi) is 6.08. The van der Waals surface area contributed by atoms with Crippen LogP contribution >= 0.6 is 23.2 Å². The molecule has 0 fully saturated rings. The lowest BCUT2D eigenvalue weighted by Gasteiger charge is -2.12. The van der Waals surface area contributed by atoms with Gasteiger partial charge in [-0.15, -0.1) is 0 Å². The topological polar surface area (TPSA) is 49.4 Å². The first-order chi connectivity index (χ1) is 8.74. The largest absolute Gasteiger partial charge is 0.309 e. The van der Waals surface area contributed by atoms with Gasteiger partial charge in [0.25, 0.3) is 0 Å².